The van der Waals surface area contributed by atoms with Crippen molar-refractivity contribution >= 4 is 22.9 Å². The number of phenols is 1. The predicted molar refractivity (Wildman–Crippen MR) is 76.5 cm³/mol. The number of rotatable bonds is 3. The molecule has 8 nitrogen and oxygen atoms in total. The van der Waals surface area contributed by atoms with Gasteiger partial charge in [-0.2, -0.15) is 0 Å². The van der Waals surface area contributed by atoms with E-state index in [0.717, 1.165) is 0 Å². The molecular weight excluding hydrogens is 308 g/mol. The quantitative estimate of drug-likeness (QED) is 0.654. The van der Waals surface area contributed by atoms with Crippen LogP contribution in [0.15, 0.2) is 12.1 Å². The number of methoxy groups -OCH3 is 2. The van der Waals surface area contributed by atoms with Crippen molar-refractivity contribution in [3.05, 3.63) is 23.3 Å². The van der Waals surface area contributed by atoms with Crippen LogP contribution in [-0.4, -0.2) is 36.6 Å². The number of carboxylic acid groups (broad SMARTS) is 1. The standard InChI is InChI=1S/C15H12O8/c1-20-9-3-6-7(4-10(9)21-2)13(23-15(18)19)8-5-22-14(17)11(8)12(6)16/h3-4,16H,5H2,1-2H3,(H,18,19). The van der Waals surface area contributed by atoms with E-state index in [2.05, 4.69) is 0 Å². The van der Waals surface area contributed by atoms with Gasteiger partial charge in [-0.3, -0.25) is 0 Å². The molecule has 0 unspecified atom stereocenters. The molecule has 0 spiro atoms. The summed E-state index contributed by atoms with van der Waals surface area (Å²) in [6, 6.07) is 2.90. The molecule has 1 heterocycles. The number of aromatic hydroxyl groups is 1. The number of esters is 1. The van der Waals surface area contributed by atoms with Crippen LogP contribution in [-0.2, 0) is 11.3 Å². The largest absolute Gasteiger partial charge is 0.511 e. The number of carbonyl (C=O) groups excluding carboxylic acids is 1. The number of ether oxygens (including phenoxy) is 4. The molecule has 0 amide bonds. The topological polar surface area (TPSA) is 112 Å². The summed E-state index contributed by atoms with van der Waals surface area (Å²) < 4.78 is 20.0. The molecule has 1 aliphatic rings. The van der Waals surface area contributed by atoms with Crippen molar-refractivity contribution in [2.45, 2.75) is 6.61 Å². The van der Waals surface area contributed by atoms with Crippen LogP contribution < -0.4 is 14.2 Å². The van der Waals surface area contributed by atoms with E-state index < -0.39 is 12.1 Å². The lowest BCUT2D eigenvalue weighted by atomic mass is 9.98. The van der Waals surface area contributed by atoms with Gasteiger partial charge in [-0.25, -0.2) is 9.59 Å². The minimum absolute atomic E-state index is 0.0768. The zero-order valence-corrected chi connectivity index (χ0v) is 12.2. The van der Waals surface area contributed by atoms with Gasteiger partial charge in [0.1, 0.15) is 23.7 Å². The van der Waals surface area contributed by atoms with Crippen LogP contribution in [0.5, 0.6) is 23.0 Å². The Labute approximate surface area is 129 Å². The molecule has 0 saturated heterocycles. The molecule has 3 rings (SSSR count). The molecule has 1 aliphatic heterocycles. The second-order valence-corrected chi connectivity index (χ2v) is 4.73. The van der Waals surface area contributed by atoms with Crippen molar-refractivity contribution in [1.82, 2.24) is 0 Å². The minimum atomic E-state index is -1.55. The number of cyclic esters (lactones) is 1. The van der Waals surface area contributed by atoms with Gasteiger partial charge >= 0.3 is 12.1 Å². The van der Waals surface area contributed by atoms with E-state index >= 15 is 0 Å². The average Bonchev–Trinajstić information content (AvgIpc) is 2.91. The zero-order valence-electron chi connectivity index (χ0n) is 12.2. The maximum atomic E-state index is 11.8. The van der Waals surface area contributed by atoms with E-state index in [4.69, 9.17) is 24.1 Å². The molecule has 23 heavy (non-hydrogen) atoms. The Hall–Kier alpha value is -3.16. The predicted octanol–water partition coefficient (Wildman–Crippen LogP) is 2.29. The van der Waals surface area contributed by atoms with Crippen LogP contribution >= 0.6 is 0 Å². The highest BCUT2D eigenvalue weighted by Gasteiger charge is 2.33. The van der Waals surface area contributed by atoms with Gasteiger partial charge in [0.25, 0.3) is 0 Å². The number of carbonyl (C=O) groups is 2. The molecule has 2 aromatic rings. The fourth-order valence-corrected chi connectivity index (χ4v) is 2.59. The number of fused-ring (bicyclic) bond motifs is 2. The van der Waals surface area contributed by atoms with E-state index in [1.807, 2.05) is 0 Å². The highest BCUT2D eigenvalue weighted by molar-refractivity contribution is 6.08. The molecule has 0 aromatic heterocycles. The number of phenolic OH excluding ortho intramolecular Hbond substituents is 1. The molecule has 8 heteroatoms. The van der Waals surface area contributed by atoms with Gasteiger partial charge in [-0.05, 0) is 12.1 Å². The van der Waals surface area contributed by atoms with Gasteiger partial charge in [0.2, 0.25) is 0 Å². The van der Waals surface area contributed by atoms with Gasteiger partial charge in [0.05, 0.1) is 19.8 Å². The van der Waals surface area contributed by atoms with Crippen molar-refractivity contribution < 1.29 is 38.7 Å². The summed E-state index contributed by atoms with van der Waals surface area (Å²) in [6.07, 6.45) is -1.55. The van der Waals surface area contributed by atoms with E-state index in [9.17, 15) is 14.7 Å². The lowest BCUT2D eigenvalue weighted by molar-refractivity contribution is 0.0532. The smallest absolute Gasteiger partial charge is 0.506 e. The van der Waals surface area contributed by atoms with Crippen LogP contribution in [0.4, 0.5) is 4.79 Å². The fourth-order valence-electron chi connectivity index (χ4n) is 2.59. The zero-order chi connectivity index (χ0) is 16.7. The second kappa shape index (κ2) is 5.24. The van der Waals surface area contributed by atoms with Gasteiger partial charge < -0.3 is 29.2 Å². The van der Waals surface area contributed by atoms with Crippen LogP contribution in [0.2, 0.25) is 0 Å². The van der Waals surface area contributed by atoms with Crippen molar-refractivity contribution in [2.24, 2.45) is 0 Å². The van der Waals surface area contributed by atoms with E-state index in [0.29, 0.717) is 11.5 Å². The average molecular weight is 320 g/mol. The van der Waals surface area contributed by atoms with Crippen LogP contribution in [0, 0.1) is 0 Å². The Morgan fingerprint density at radius 1 is 1.17 bits per heavy atom. The summed E-state index contributed by atoms with van der Waals surface area (Å²) in [5.41, 5.74) is 0.0654. The summed E-state index contributed by atoms with van der Waals surface area (Å²) >= 11 is 0. The van der Waals surface area contributed by atoms with Gasteiger partial charge in [-0.1, -0.05) is 0 Å². The third kappa shape index (κ3) is 2.15. The summed E-state index contributed by atoms with van der Waals surface area (Å²) in [5, 5.41) is 19.8. The molecule has 0 aliphatic carbocycles. The summed E-state index contributed by atoms with van der Waals surface area (Å²) in [6.45, 7) is -0.186. The Balaban J connectivity index is 2.43. The fraction of sp³-hybridized carbons (Fsp3) is 0.200. The van der Waals surface area contributed by atoms with Gasteiger partial charge in [0.15, 0.2) is 11.5 Å². The molecule has 0 bridgehead atoms. The highest BCUT2D eigenvalue weighted by Crippen LogP contribution is 2.47. The summed E-state index contributed by atoms with van der Waals surface area (Å²) in [7, 11) is 2.83. The third-order valence-corrected chi connectivity index (χ3v) is 3.58. The first kappa shape index (κ1) is 14.8. The first-order chi connectivity index (χ1) is 11.0. The molecule has 0 radical (unpaired) electrons. The SMILES string of the molecule is COc1cc2c(O)c3c(c(OC(=O)O)c2cc1OC)COC3=O. The maximum Gasteiger partial charge on any atom is 0.511 e. The lowest BCUT2D eigenvalue weighted by Crippen LogP contribution is -2.07. The van der Waals surface area contributed by atoms with Crippen LogP contribution in [0.1, 0.15) is 15.9 Å². The number of benzene rings is 2. The first-order valence-electron chi connectivity index (χ1n) is 6.49. The van der Waals surface area contributed by atoms with Gasteiger partial charge in [0, 0.05) is 10.8 Å². The molecule has 2 N–H and O–H groups in total. The molecule has 0 saturated carbocycles. The van der Waals surface area contributed by atoms with Crippen molar-refractivity contribution in [1.29, 1.82) is 0 Å². The maximum absolute atomic E-state index is 11.8. The van der Waals surface area contributed by atoms with Crippen LogP contribution in [0.3, 0.4) is 0 Å². The molecular formula is C15H12O8. The van der Waals surface area contributed by atoms with E-state index in [1.54, 1.807) is 0 Å². The van der Waals surface area contributed by atoms with Gasteiger partial charge in [-0.15, -0.1) is 0 Å². The number of hydrogen-bond donors (Lipinski definition) is 2. The van der Waals surface area contributed by atoms with Crippen molar-refractivity contribution in [2.75, 3.05) is 14.2 Å². The summed E-state index contributed by atoms with van der Waals surface area (Å²) in [4.78, 5) is 22.8. The number of hydrogen-bond acceptors (Lipinski definition) is 7. The van der Waals surface area contributed by atoms with Crippen LogP contribution in [0.25, 0.3) is 10.8 Å². The Morgan fingerprint density at radius 3 is 2.35 bits per heavy atom. The third-order valence-electron chi connectivity index (χ3n) is 3.58. The van der Waals surface area contributed by atoms with E-state index in [-0.39, 0.29) is 40.0 Å². The Kier molecular flexibility index (Phi) is 3.36. The highest BCUT2D eigenvalue weighted by atomic mass is 16.7. The summed E-state index contributed by atoms with van der Waals surface area (Å²) in [5.74, 6) is -0.518. The Morgan fingerprint density at radius 2 is 1.78 bits per heavy atom. The lowest BCUT2D eigenvalue weighted by Gasteiger charge is -2.14. The normalized spacial score (nSPS) is 12.7. The first-order valence-corrected chi connectivity index (χ1v) is 6.49. The van der Waals surface area contributed by atoms with Crippen molar-refractivity contribution in [3.8, 4) is 23.0 Å². The molecule has 2 aromatic carbocycles. The minimum Gasteiger partial charge on any atom is -0.506 e. The van der Waals surface area contributed by atoms with Crippen molar-refractivity contribution in [3.63, 3.8) is 0 Å². The second-order valence-electron chi connectivity index (χ2n) is 4.73. The monoisotopic (exact) mass is 320 g/mol. The van der Waals surface area contributed by atoms with E-state index in [1.165, 1.54) is 26.4 Å². The molecule has 0 fully saturated rings. The molecule has 120 valence electrons. The molecule has 0 atom stereocenters. The Bertz CT molecular complexity index is 839.